The van der Waals surface area contributed by atoms with Crippen LogP contribution in [-0.4, -0.2) is 79.0 Å². The molecule has 3 fully saturated rings. The predicted molar refractivity (Wildman–Crippen MR) is 194 cm³/mol. The second kappa shape index (κ2) is 12.6. The highest BCUT2D eigenvalue weighted by Crippen LogP contribution is 2.50. The van der Waals surface area contributed by atoms with Crippen molar-refractivity contribution >= 4 is 51.6 Å². The molecule has 10 nitrogen and oxygen atoms in total. The summed E-state index contributed by atoms with van der Waals surface area (Å²) >= 11 is 6.05. The first-order valence-corrected chi connectivity index (χ1v) is 18.5. The summed E-state index contributed by atoms with van der Waals surface area (Å²) in [5.41, 5.74) is -0.832. The topological polar surface area (TPSA) is 108 Å². The highest BCUT2D eigenvalue weighted by Gasteiger charge is 2.56. The molecule has 2 aliphatic heterocycles. The summed E-state index contributed by atoms with van der Waals surface area (Å²) < 4.78 is 74.0. The molecule has 54 heavy (non-hydrogen) atoms. The molecule has 4 aromatic rings. The van der Waals surface area contributed by atoms with Crippen molar-refractivity contribution in [3.8, 4) is 11.3 Å². The monoisotopic (exact) mass is 770 g/mol. The first-order chi connectivity index (χ1) is 25.4. The number of aromatic nitrogens is 4. The van der Waals surface area contributed by atoms with Crippen molar-refractivity contribution in [2.75, 3.05) is 23.3 Å². The van der Waals surface area contributed by atoms with E-state index in [1.165, 1.54) is 0 Å². The SMILES string of the molecule is CC(C)n1cnc2cc(-c3cnc4c(c3)N(C3CC(C)(N5CC[C@H](F)C5)C3)C(=O)C4(C)C)nc(Nc3cc(C(=O)NC4(C(F)F)CC4)c(Cl)c(F)c3F)c21. The number of anilines is 3. The van der Waals surface area contributed by atoms with Crippen molar-refractivity contribution in [2.24, 2.45) is 0 Å². The molecule has 1 saturated heterocycles. The van der Waals surface area contributed by atoms with Gasteiger partial charge < -0.3 is 20.1 Å². The quantitative estimate of drug-likeness (QED) is 0.132. The van der Waals surface area contributed by atoms with Crippen LogP contribution in [0.15, 0.2) is 30.7 Å². The largest absolute Gasteiger partial charge is 0.341 e. The van der Waals surface area contributed by atoms with Gasteiger partial charge in [0.2, 0.25) is 5.91 Å². The van der Waals surface area contributed by atoms with E-state index in [0.29, 0.717) is 66.0 Å². The third-order valence-corrected chi connectivity index (χ3v) is 12.1. The Morgan fingerprint density at radius 1 is 1.06 bits per heavy atom. The number of nitrogens with one attached hydrogen (secondary N) is 2. The Morgan fingerprint density at radius 2 is 1.78 bits per heavy atom. The summed E-state index contributed by atoms with van der Waals surface area (Å²) in [6, 6.07) is 4.30. The van der Waals surface area contributed by atoms with Crippen LogP contribution in [-0.2, 0) is 10.2 Å². The molecular weight excluding hydrogens is 731 g/mol. The molecule has 0 radical (unpaired) electrons. The van der Waals surface area contributed by atoms with Crippen LogP contribution >= 0.6 is 11.6 Å². The number of amides is 2. The van der Waals surface area contributed by atoms with E-state index in [1.807, 2.05) is 33.8 Å². The Hall–Kier alpha value is -4.37. The maximum absolute atomic E-state index is 15.6. The van der Waals surface area contributed by atoms with E-state index in [-0.39, 0.29) is 42.2 Å². The maximum Gasteiger partial charge on any atom is 0.261 e. The average Bonchev–Trinajstić information content (AvgIpc) is 3.45. The zero-order chi connectivity index (χ0) is 38.6. The molecule has 286 valence electrons. The zero-order valence-electron chi connectivity index (χ0n) is 30.4. The zero-order valence-corrected chi connectivity index (χ0v) is 31.2. The van der Waals surface area contributed by atoms with Crippen molar-refractivity contribution in [3.63, 3.8) is 0 Å². The molecule has 0 spiro atoms. The Labute approximate surface area is 313 Å². The molecule has 2 aliphatic carbocycles. The van der Waals surface area contributed by atoms with Crippen molar-refractivity contribution in [3.05, 3.63) is 58.6 Å². The van der Waals surface area contributed by atoms with E-state index < -0.39 is 57.4 Å². The second-order valence-corrected chi connectivity index (χ2v) is 16.6. The number of nitrogens with zero attached hydrogens (tertiary/aromatic N) is 6. The lowest BCUT2D eigenvalue weighted by atomic mass is 9.72. The molecule has 3 aromatic heterocycles. The minimum absolute atomic E-state index is 0.0388. The molecule has 0 unspecified atom stereocenters. The van der Waals surface area contributed by atoms with Gasteiger partial charge in [0.1, 0.15) is 17.2 Å². The van der Waals surface area contributed by atoms with E-state index in [2.05, 4.69) is 27.4 Å². The van der Waals surface area contributed by atoms with Gasteiger partial charge in [-0.3, -0.25) is 19.5 Å². The number of pyridine rings is 2. The summed E-state index contributed by atoms with van der Waals surface area (Å²) in [4.78, 5) is 45.2. The number of hydrogen-bond acceptors (Lipinski definition) is 7. The highest BCUT2D eigenvalue weighted by atomic mass is 35.5. The first-order valence-electron chi connectivity index (χ1n) is 18.1. The van der Waals surface area contributed by atoms with Crippen LogP contribution in [0.2, 0.25) is 5.02 Å². The van der Waals surface area contributed by atoms with E-state index >= 15 is 8.78 Å². The van der Waals surface area contributed by atoms with Crippen LogP contribution in [0, 0.1) is 11.6 Å². The van der Waals surface area contributed by atoms with E-state index in [4.69, 9.17) is 21.6 Å². The number of alkyl halides is 3. The van der Waals surface area contributed by atoms with Crippen LogP contribution in [0.3, 0.4) is 0 Å². The predicted octanol–water partition coefficient (Wildman–Crippen LogP) is 7.87. The van der Waals surface area contributed by atoms with Gasteiger partial charge in [0.15, 0.2) is 17.5 Å². The molecule has 4 aliphatic rings. The number of likely N-dealkylation sites (tertiary alicyclic amines) is 1. The minimum atomic E-state index is -2.85. The van der Waals surface area contributed by atoms with Crippen LogP contribution < -0.4 is 15.5 Å². The smallest absolute Gasteiger partial charge is 0.261 e. The lowest BCUT2D eigenvalue weighted by Gasteiger charge is -2.53. The Bertz CT molecular complexity index is 2220. The number of fused-ring (bicyclic) bond motifs is 2. The Balaban J connectivity index is 1.17. The fourth-order valence-corrected chi connectivity index (χ4v) is 8.46. The number of carbonyl (C=O) groups excluding carboxylic acids is 2. The summed E-state index contributed by atoms with van der Waals surface area (Å²) in [5, 5.41) is 4.23. The van der Waals surface area contributed by atoms with Crippen molar-refractivity contribution in [2.45, 2.75) is 108 Å². The van der Waals surface area contributed by atoms with E-state index in [9.17, 15) is 22.8 Å². The third kappa shape index (κ3) is 5.71. The van der Waals surface area contributed by atoms with Crippen molar-refractivity contribution in [1.82, 2.24) is 29.7 Å². The van der Waals surface area contributed by atoms with Gasteiger partial charge in [0.05, 0.1) is 50.6 Å². The van der Waals surface area contributed by atoms with Crippen LogP contribution in [0.25, 0.3) is 22.3 Å². The first kappa shape index (κ1) is 36.6. The van der Waals surface area contributed by atoms with Crippen LogP contribution in [0.5, 0.6) is 0 Å². The Kier molecular flexibility index (Phi) is 8.53. The minimum Gasteiger partial charge on any atom is -0.341 e. The molecule has 2 saturated carbocycles. The fourth-order valence-electron chi connectivity index (χ4n) is 8.24. The molecule has 2 N–H and O–H groups in total. The fraction of sp³-hybridized carbons (Fsp3) is 0.500. The number of benzene rings is 1. The number of rotatable bonds is 9. The molecule has 16 heteroatoms. The van der Waals surface area contributed by atoms with Crippen molar-refractivity contribution < 1.29 is 31.5 Å². The summed E-state index contributed by atoms with van der Waals surface area (Å²) in [7, 11) is 0. The molecule has 5 heterocycles. The number of hydrogen-bond donors (Lipinski definition) is 2. The van der Waals surface area contributed by atoms with Gasteiger partial charge in [-0.15, -0.1) is 0 Å². The van der Waals surface area contributed by atoms with Gasteiger partial charge in [-0.2, -0.15) is 0 Å². The molecule has 8 rings (SSSR count). The lowest BCUT2D eigenvalue weighted by molar-refractivity contribution is -0.123. The number of carbonyl (C=O) groups is 2. The summed E-state index contributed by atoms with van der Waals surface area (Å²) in [5.74, 6) is -4.02. The summed E-state index contributed by atoms with van der Waals surface area (Å²) in [6.07, 6.45) is 1.45. The lowest BCUT2D eigenvalue weighted by Crippen LogP contribution is -2.62. The molecule has 1 atom stereocenters. The number of imidazole rings is 1. The standard InChI is InChI=1S/C38H40ClF5N8O2/c1-18(2)51-17-46-25-12-23(47-32(30(25)51)48-24-11-22(27(39)29(42)28(24)41)33(53)49-38(7-8-38)34(43)44)19-10-26-31(45-15-19)36(3,4)35(54)52(26)21-13-37(5,14-21)50-9-6-20(40)16-50/h10-12,15,17-18,20-21,34H,6-9,13-14,16H2,1-5H3,(H,47,48)(H,49,53)/t20-,21?,37?/m0/s1. The normalized spacial score (nSPS) is 24.4. The molecular formula is C38H40ClF5N8O2. The molecule has 1 aromatic carbocycles. The van der Waals surface area contributed by atoms with Gasteiger partial charge in [0, 0.05) is 42.5 Å². The number of halogens is 6. The van der Waals surface area contributed by atoms with Gasteiger partial charge in [-0.1, -0.05) is 11.6 Å². The maximum atomic E-state index is 15.6. The van der Waals surface area contributed by atoms with Crippen molar-refractivity contribution in [1.29, 1.82) is 0 Å². The highest BCUT2D eigenvalue weighted by molar-refractivity contribution is 6.34. The van der Waals surface area contributed by atoms with Gasteiger partial charge in [0.25, 0.3) is 12.3 Å². The van der Waals surface area contributed by atoms with Crippen LogP contribution in [0.4, 0.5) is 39.1 Å². The molecule has 2 amide bonds. The van der Waals surface area contributed by atoms with E-state index in [0.717, 1.165) is 6.07 Å². The van der Waals surface area contributed by atoms with Gasteiger partial charge >= 0.3 is 0 Å². The van der Waals surface area contributed by atoms with E-state index in [1.54, 1.807) is 28.1 Å². The molecule has 0 bridgehead atoms. The Morgan fingerprint density at radius 3 is 2.41 bits per heavy atom. The second-order valence-electron chi connectivity index (χ2n) is 16.2. The summed E-state index contributed by atoms with van der Waals surface area (Å²) in [6.45, 7) is 10.7. The van der Waals surface area contributed by atoms with Gasteiger partial charge in [-0.25, -0.2) is 31.9 Å². The van der Waals surface area contributed by atoms with Crippen LogP contribution in [0.1, 0.15) is 88.8 Å². The average molecular weight is 771 g/mol. The van der Waals surface area contributed by atoms with Gasteiger partial charge in [-0.05, 0) is 84.9 Å². The third-order valence-electron chi connectivity index (χ3n) is 11.7.